The summed E-state index contributed by atoms with van der Waals surface area (Å²) in [5, 5.41) is 0. The maximum Gasteiger partial charge on any atom is 0.234 e. The van der Waals surface area contributed by atoms with Crippen molar-refractivity contribution < 1.29 is 4.79 Å². The maximum atomic E-state index is 9.84. The Morgan fingerprint density at radius 3 is 2.45 bits per heavy atom. The molecular formula is C9H17NO. The topological polar surface area (TPSA) is 29.4 Å². The molecule has 0 spiro atoms. The van der Waals surface area contributed by atoms with Gasteiger partial charge in [-0.25, -0.2) is 9.79 Å². The molecule has 0 radical (unpaired) electrons. The molecule has 0 unspecified atom stereocenters. The van der Waals surface area contributed by atoms with Crippen LogP contribution in [0, 0.1) is 11.8 Å². The van der Waals surface area contributed by atoms with E-state index in [1.54, 1.807) is 6.08 Å². The van der Waals surface area contributed by atoms with Gasteiger partial charge in [-0.15, -0.1) is 0 Å². The molecule has 0 fully saturated rings. The number of hydrogen-bond acceptors (Lipinski definition) is 2. The number of hydrogen-bond donors (Lipinski definition) is 0. The van der Waals surface area contributed by atoms with E-state index in [0.717, 1.165) is 12.8 Å². The molecule has 0 aliphatic rings. The molecule has 11 heavy (non-hydrogen) atoms. The van der Waals surface area contributed by atoms with Gasteiger partial charge in [-0.1, -0.05) is 27.2 Å². The van der Waals surface area contributed by atoms with Crippen molar-refractivity contribution >= 4 is 6.08 Å². The molecule has 0 aliphatic heterocycles. The van der Waals surface area contributed by atoms with E-state index in [-0.39, 0.29) is 0 Å². The monoisotopic (exact) mass is 155 g/mol. The van der Waals surface area contributed by atoms with E-state index in [1.807, 2.05) is 0 Å². The van der Waals surface area contributed by atoms with Crippen molar-refractivity contribution in [2.45, 2.75) is 33.6 Å². The summed E-state index contributed by atoms with van der Waals surface area (Å²) in [5.74, 6) is 1.17. The molecule has 0 N–H and O–H groups in total. The van der Waals surface area contributed by atoms with Gasteiger partial charge in [0.05, 0.1) is 6.54 Å². The summed E-state index contributed by atoms with van der Waals surface area (Å²) >= 11 is 0. The van der Waals surface area contributed by atoms with E-state index >= 15 is 0 Å². The molecule has 0 rings (SSSR count). The maximum absolute atomic E-state index is 9.84. The van der Waals surface area contributed by atoms with Crippen molar-refractivity contribution in [3.8, 4) is 0 Å². The number of carbonyl (C=O) groups excluding carboxylic acids is 1. The third-order valence-electron chi connectivity index (χ3n) is 1.99. The van der Waals surface area contributed by atoms with Crippen LogP contribution in [0.15, 0.2) is 4.99 Å². The van der Waals surface area contributed by atoms with Crippen LogP contribution in [0.3, 0.4) is 0 Å². The predicted molar refractivity (Wildman–Crippen MR) is 46.2 cm³/mol. The SMILES string of the molecule is CCC[C@@H](CN=C=O)C(C)C. The number of aliphatic imine (C=N–C) groups is 1. The second kappa shape index (κ2) is 6.11. The lowest BCUT2D eigenvalue weighted by Gasteiger charge is -2.16. The van der Waals surface area contributed by atoms with Gasteiger partial charge in [0.15, 0.2) is 0 Å². The van der Waals surface area contributed by atoms with Gasteiger partial charge in [-0.2, -0.15) is 0 Å². The molecule has 0 aliphatic carbocycles. The fourth-order valence-corrected chi connectivity index (χ4v) is 1.16. The number of isocyanates is 1. The Morgan fingerprint density at radius 1 is 1.45 bits per heavy atom. The fourth-order valence-electron chi connectivity index (χ4n) is 1.16. The van der Waals surface area contributed by atoms with Crippen molar-refractivity contribution in [1.29, 1.82) is 0 Å². The van der Waals surface area contributed by atoms with E-state index in [9.17, 15) is 4.79 Å². The summed E-state index contributed by atoms with van der Waals surface area (Å²) < 4.78 is 0. The zero-order valence-electron chi connectivity index (χ0n) is 7.63. The Bertz CT molecular complexity index is 136. The van der Waals surface area contributed by atoms with Gasteiger partial charge in [0.1, 0.15) is 0 Å². The van der Waals surface area contributed by atoms with E-state index in [1.165, 1.54) is 0 Å². The van der Waals surface area contributed by atoms with Crippen LogP contribution in [-0.2, 0) is 4.79 Å². The highest BCUT2D eigenvalue weighted by atomic mass is 16.1. The standard InChI is InChI=1S/C9H17NO/c1-4-5-9(8(2)3)6-10-7-11/h8-9H,4-6H2,1-3H3/t9-/m0/s1. The minimum atomic E-state index is 0.557. The zero-order valence-corrected chi connectivity index (χ0v) is 7.63. The molecule has 0 aromatic heterocycles. The largest absolute Gasteiger partial charge is 0.234 e. The predicted octanol–water partition coefficient (Wildman–Crippen LogP) is 2.39. The smallest absolute Gasteiger partial charge is 0.211 e. The second-order valence-corrected chi connectivity index (χ2v) is 3.22. The average Bonchev–Trinajstić information content (AvgIpc) is 1.97. The molecule has 1 atom stereocenters. The molecule has 0 saturated heterocycles. The summed E-state index contributed by atoms with van der Waals surface area (Å²) in [6, 6.07) is 0. The van der Waals surface area contributed by atoms with Crippen molar-refractivity contribution in [1.82, 2.24) is 0 Å². The molecule has 2 heteroatoms. The lowest BCUT2D eigenvalue weighted by molar-refractivity contribution is 0.366. The van der Waals surface area contributed by atoms with Crippen molar-refractivity contribution in [2.75, 3.05) is 6.54 Å². The van der Waals surface area contributed by atoms with E-state index in [0.29, 0.717) is 18.4 Å². The lowest BCUT2D eigenvalue weighted by atomic mass is 9.92. The molecule has 0 heterocycles. The summed E-state index contributed by atoms with van der Waals surface area (Å²) in [5.41, 5.74) is 0. The van der Waals surface area contributed by atoms with Crippen LogP contribution < -0.4 is 0 Å². The lowest BCUT2D eigenvalue weighted by Crippen LogP contribution is -2.11. The van der Waals surface area contributed by atoms with Crippen LogP contribution in [0.5, 0.6) is 0 Å². The average molecular weight is 155 g/mol. The first-order valence-corrected chi connectivity index (χ1v) is 4.26. The van der Waals surface area contributed by atoms with Gasteiger partial charge in [-0.05, 0) is 18.3 Å². The van der Waals surface area contributed by atoms with Gasteiger partial charge in [0, 0.05) is 0 Å². The summed E-state index contributed by atoms with van der Waals surface area (Å²) in [6.07, 6.45) is 3.91. The Hall–Kier alpha value is -0.620. The minimum absolute atomic E-state index is 0.557. The van der Waals surface area contributed by atoms with Gasteiger partial charge >= 0.3 is 0 Å². The third kappa shape index (κ3) is 4.74. The Kier molecular flexibility index (Phi) is 5.77. The van der Waals surface area contributed by atoms with Gasteiger partial charge < -0.3 is 0 Å². The van der Waals surface area contributed by atoms with Crippen LogP contribution in [-0.4, -0.2) is 12.6 Å². The van der Waals surface area contributed by atoms with Crippen LogP contribution in [0.4, 0.5) is 0 Å². The van der Waals surface area contributed by atoms with Crippen molar-refractivity contribution in [3.05, 3.63) is 0 Å². The minimum Gasteiger partial charge on any atom is -0.211 e. The second-order valence-electron chi connectivity index (χ2n) is 3.22. The van der Waals surface area contributed by atoms with Gasteiger partial charge in [-0.3, -0.25) is 0 Å². The fraction of sp³-hybridized carbons (Fsp3) is 0.889. The first-order chi connectivity index (χ1) is 5.22. The van der Waals surface area contributed by atoms with Crippen LogP contribution in [0.25, 0.3) is 0 Å². The normalized spacial score (nSPS) is 12.7. The van der Waals surface area contributed by atoms with Crippen LogP contribution in [0.1, 0.15) is 33.6 Å². The quantitative estimate of drug-likeness (QED) is 0.443. The first kappa shape index (κ1) is 10.4. The Morgan fingerprint density at radius 2 is 2.09 bits per heavy atom. The molecule has 0 amide bonds. The molecule has 64 valence electrons. The first-order valence-electron chi connectivity index (χ1n) is 4.26. The zero-order chi connectivity index (χ0) is 8.69. The third-order valence-corrected chi connectivity index (χ3v) is 1.99. The highest BCUT2D eigenvalue weighted by Gasteiger charge is 2.10. The Balaban J connectivity index is 3.78. The van der Waals surface area contributed by atoms with Gasteiger partial charge in [0.2, 0.25) is 6.08 Å². The molecule has 0 aromatic carbocycles. The summed E-state index contributed by atoms with van der Waals surface area (Å²) in [4.78, 5) is 13.5. The molecule has 0 bridgehead atoms. The van der Waals surface area contributed by atoms with Crippen LogP contribution >= 0.6 is 0 Å². The number of rotatable bonds is 5. The highest BCUT2D eigenvalue weighted by Crippen LogP contribution is 2.16. The van der Waals surface area contributed by atoms with Crippen LogP contribution in [0.2, 0.25) is 0 Å². The molecular weight excluding hydrogens is 138 g/mol. The van der Waals surface area contributed by atoms with E-state index in [2.05, 4.69) is 25.8 Å². The van der Waals surface area contributed by atoms with Crippen molar-refractivity contribution in [3.63, 3.8) is 0 Å². The molecule has 2 nitrogen and oxygen atoms in total. The van der Waals surface area contributed by atoms with E-state index in [4.69, 9.17) is 0 Å². The molecule has 0 aromatic rings. The van der Waals surface area contributed by atoms with E-state index < -0.39 is 0 Å². The number of nitrogens with zero attached hydrogens (tertiary/aromatic N) is 1. The summed E-state index contributed by atoms with van der Waals surface area (Å²) in [6.45, 7) is 7.14. The molecule has 0 saturated carbocycles. The summed E-state index contributed by atoms with van der Waals surface area (Å²) in [7, 11) is 0. The van der Waals surface area contributed by atoms with Gasteiger partial charge in [0.25, 0.3) is 0 Å². The van der Waals surface area contributed by atoms with Crippen molar-refractivity contribution in [2.24, 2.45) is 16.8 Å². The Labute approximate surface area is 68.7 Å². The highest BCUT2D eigenvalue weighted by molar-refractivity contribution is 5.32.